The van der Waals surface area contributed by atoms with Crippen LogP contribution in [0.4, 0.5) is 11.5 Å². The molecule has 3 N–H and O–H groups in total. The normalized spacial score (nSPS) is 18.9. The summed E-state index contributed by atoms with van der Waals surface area (Å²) in [4.78, 5) is 32.3. The minimum atomic E-state index is -0.317. The van der Waals surface area contributed by atoms with Crippen LogP contribution in [0.1, 0.15) is 70.0 Å². The molecule has 1 aliphatic heterocycles. The van der Waals surface area contributed by atoms with Gasteiger partial charge in [-0.2, -0.15) is 0 Å². The molecule has 1 saturated heterocycles. The summed E-state index contributed by atoms with van der Waals surface area (Å²) in [6, 6.07) is 16.4. The highest BCUT2D eigenvalue weighted by Gasteiger charge is 2.32. The Kier molecular flexibility index (Phi) is 10.1. The number of carbonyl (C=O) groups excluding carboxylic acids is 2. The predicted molar refractivity (Wildman–Crippen MR) is 141 cm³/mol. The van der Waals surface area contributed by atoms with Crippen molar-refractivity contribution in [3.63, 3.8) is 0 Å². The van der Waals surface area contributed by atoms with Crippen LogP contribution in [-0.4, -0.2) is 48.4 Å². The third-order valence-electron chi connectivity index (χ3n) is 7.21. The summed E-state index contributed by atoms with van der Waals surface area (Å²) in [5.74, 6) is 1.53. The van der Waals surface area contributed by atoms with E-state index in [2.05, 4.69) is 39.4 Å². The number of anilines is 2. The van der Waals surface area contributed by atoms with Crippen molar-refractivity contribution < 1.29 is 9.59 Å². The molecule has 1 unspecified atom stereocenters. The zero-order chi connectivity index (χ0) is 25.2. The number of hydrogen-bond donors (Lipinski definition) is 2. The number of hydrogen-bond acceptors (Lipinski definition) is 5. The Labute approximate surface area is 210 Å². The van der Waals surface area contributed by atoms with Gasteiger partial charge in [-0.3, -0.25) is 9.59 Å². The van der Waals surface area contributed by atoms with E-state index in [-0.39, 0.29) is 18.0 Å². The smallest absolute Gasteiger partial charge is 0.234 e. The van der Waals surface area contributed by atoms with Crippen LogP contribution in [0, 0.1) is 5.92 Å². The number of aromatic nitrogens is 1. The zero-order valence-corrected chi connectivity index (χ0v) is 21.5. The van der Waals surface area contributed by atoms with Crippen molar-refractivity contribution in [1.29, 1.82) is 0 Å². The van der Waals surface area contributed by atoms with Crippen LogP contribution in [0.5, 0.6) is 0 Å². The fourth-order valence-electron chi connectivity index (χ4n) is 4.87. The molecular weight excluding hydrogens is 438 g/mol. The number of nitrogens with two attached hydrogens (primary N) is 1. The van der Waals surface area contributed by atoms with Crippen LogP contribution in [0.2, 0.25) is 0 Å². The van der Waals surface area contributed by atoms with Crippen LogP contribution in [0.3, 0.4) is 0 Å². The molecule has 0 spiro atoms. The summed E-state index contributed by atoms with van der Waals surface area (Å²) in [6.07, 6.45) is 9.17. The number of para-hydroxylation sites is 1. The molecule has 0 bridgehead atoms. The number of likely N-dealkylation sites (N-methyl/N-ethyl adjacent to an activating group) is 1. The van der Waals surface area contributed by atoms with E-state index in [0.29, 0.717) is 11.8 Å². The number of amides is 2. The third-order valence-corrected chi connectivity index (χ3v) is 7.21. The van der Waals surface area contributed by atoms with Gasteiger partial charge in [0, 0.05) is 25.7 Å². The number of carbonyl (C=O) groups is 2. The minimum absolute atomic E-state index is 0.125. The van der Waals surface area contributed by atoms with Gasteiger partial charge in [0.1, 0.15) is 5.82 Å². The van der Waals surface area contributed by atoms with Crippen molar-refractivity contribution in [2.75, 3.05) is 25.5 Å². The molecule has 1 aromatic carbocycles. The van der Waals surface area contributed by atoms with Gasteiger partial charge in [0.2, 0.25) is 11.8 Å². The first-order chi connectivity index (χ1) is 16.9. The van der Waals surface area contributed by atoms with E-state index >= 15 is 0 Å². The molecule has 2 fully saturated rings. The van der Waals surface area contributed by atoms with Crippen molar-refractivity contribution in [3.8, 4) is 0 Å². The van der Waals surface area contributed by atoms with Crippen LogP contribution in [0.25, 0.3) is 0 Å². The van der Waals surface area contributed by atoms with E-state index in [9.17, 15) is 9.59 Å². The Bertz CT molecular complexity index is 945. The fraction of sp³-hybridized carbons (Fsp3) is 0.536. The number of nitrogens with zero attached hydrogens (tertiary/aromatic N) is 3. The van der Waals surface area contributed by atoms with Gasteiger partial charge >= 0.3 is 0 Å². The fourth-order valence-corrected chi connectivity index (χ4v) is 4.87. The molecule has 4 rings (SSSR count). The van der Waals surface area contributed by atoms with Gasteiger partial charge in [-0.25, -0.2) is 4.98 Å². The number of primary amides is 1. The van der Waals surface area contributed by atoms with Crippen molar-refractivity contribution in [2.45, 2.75) is 70.4 Å². The second-order valence-electron chi connectivity index (χ2n) is 9.68. The predicted octanol–water partition coefficient (Wildman–Crippen LogP) is 4.56. The van der Waals surface area contributed by atoms with Gasteiger partial charge < -0.3 is 20.9 Å². The summed E-state index contributed by atoms with van der Waals surface area (Å²) in [7, 11) is 3.73. The lowest BCUT2D eigenvalue weighted by Gasteiger charge is -2.28. The lowest BCUT2D eigenvalue weighted by molar-refractivity contribution is -0.133. The summed E-state index contributed by atoms with van der Waals surface area (Å²) < 4.78 is 0. The highest BCUT2D eigenvalue weighted by Crippen LogP contribution is 2.35. The summed E-state index contributed by atoms with van der Waals surface area (Å²) >= 11 is 0. The second-order valence-corrected chi connectivity index (χ2v) is 9.68. The maximum absolute atomic E-state index is 13.0. The standard InChI is InChI=1S/C24H31N3O.C4H10N2O/c1-26(20-12-6-3-7-13-20)23-16-8-14-21(25-23)22-15-9-17-27(22)24(28)18-19-10-4-2-5-11-19;1-3(6-2)4(5)7/h3,6-8,12-14,16,19,22H,2,4-5,9-11,15,17-18H2,1H3;3,6H,1-2H3,(H2,5,7)/t22-;/m0./s1. The van der Waals surface area contributed by atoms with Gasteiger partial charge in [-0.1, -0.05) is 43.5 Å². The molecule has 1 aliphatic carbocycles. The average molecular weight is 480 g/mol. The highest BCUT2D eigenvalue weighted by atomic mass is 16.2. The maximum atomic E-state index is 13.0. The van der Waals surface area contributed by atoms with Gasteiger partial charge in [0.25, 0.3) is 0 Å². The lowest BCUT2D eigenvalue weighted by atomic mass is 9.86. The van der Waals surface area contributed by atoms with Crippen molar-refractivity contribution >= 4 is 23.3 Å². The first kappa shape index (κ1) is 26.7. The first-order valence-corrected chi connectivity index (χ1v) is 12.9. The topological polar surface area (TPSA) is 91.6 Å². The molecule has 0 radical (unpaired) electrons. The molecule has 2 aliphatic rings. The van der Waals surface area contributed by atoms with E-state index in [4.69, 9.17) is 10.7 Å². The Morgan fingerprint density at radius 2 is 1.77 bits per heavy atom. The van der Waals surface area contributed by atoms with Gasteiger partial charge in [-0.15, -0.1) is 0 Å². The van der Waals surface area contributed by atoms with Crippen LogP contribution >= 0.6 is 0 Å². The average Bonchev–Trinajstić information content (AvgIpc) is 3.40. The Morgan fingerprint density at radius 3 is 2.40 bits per heavy atom. The highest BCUT2D eigenvalue weighted by molar-refractivity contribution is 5.79. The summed E-state index contributed by atoms with van der Waals surface area (Å²) in [6.45, 7) is 2.58. The van der Waals surface area contributed by atoms with E-state index in [1.54, 1.807) is 14.0 Å². The summed E-state index contributed by atoms with van der Waals surface area (Å²) in [5, 5.41) is 2.69. The van der Waals surface area contributed by atoms with Crippen molar-refractivity contribution in [3.05, 3.63) is 54.2 Å². The number of benzene rings is 1. The minimum Gasteiger partial charge on any atom is -0.368 e. The molecule has 35 heavy (non-hydrogen) atoms. The largest absolute Gasteiger partial charge is 0.368 e. The first-order valence-electron chi connectivity index (χ1n) is 12.9. The van der Waals surface area contributed by atoms with E-state index < -0.39 is 0 Å². The molecule has 2 atom stereocenters. The van der Waals surface area contributed by atoms with E-state index in [1.165, 1.54) is 32.1 Å². The number of likely N-dealkylation sites (tertiary alicyclic amines) is 1. The monoisotopic (exact) mass is 479 g/mol. The molecule has 2 amide bonds. The van der Waals surface area contributed by atoms with Crippen molar-refractivity contribution in [2.24, 2.45) is 11.7 Å². The van der Waals surface area contributed by atoms with Gasteiger partial charge in [-0.05, 0) is 69.8 Å². The number of nitrogens with one attached hydrogen (secondary N) is 1. The molecule has 1 aromatic heterocycles. The van der Waals surface area contributed by atoms with E-state index in [0.717, 1.165) is 43.0 Å². The molecule has 2 aromatic rings. The maximum Gasteiger partial charge on any atom is 0.234 e. The second kappa shape index (κ2) is 13.2. The quantitative estimate of drug-likeness (QED) is 0.607. The van der Waals surface area contributed by atoms with Crippen LogP contribution < -0.4 is 16.0 Å². The number of pyridine rings is 1. The van der Waals surface area contributed by atoms with Gasteiger partial charge in [0.15, 0.2) is 0 Å². The van der Waals surface area contributed by atoms with Crippen LogP contribution in [0.15, 0.2) is 48.5 Å². The zero-order valence-electron chi connectivity index (χ0n) is 21.5. The van der Waals surface area contributed by atoms with E-state index in [1.807, 2.05) is 31.3 Å². The third kappa shape index (κ3) is 7.52. The molecule has 7 heteroatoms. The Morgan fingerprint density at radius 1 is 1.06 bits per heavy atom. The van der Waals surface area contributed by atoms with Gasteiger partial charge in [0.05, 0.1) is 17.8 Å². The Hall–Kier alpha value is -2.93. The molecular formula is C28H41N5O2. The SMILES string of the molecule is CN(c1ccccc1)c1cccc([C@@H]2CCCN2C(=O)CC2CCCCC2)n1.CNC(C)C(N)=O. The Balaban J connectivity index is 0.000000429. The van der Waals surface area contributed by atoms with Crippen molar-refractivity contribution in [1.82, 2.24) is 15.2 Å². The van der Waals surface area contributed by atoms with Crippen LogP contribution in [-0.2, 0) is 9.59 Å². The molecule has 7 nitrogen and oxygen atoms in total. The summed E-state index contributed by atoms with van der Waals surface area (Å²) in [5.41, 5.74) is 6.98. The number of rotatable bonds is 7. The molecule has 1 saturated carbocycles. The molecule has 190 valence electrons. The lowest BCUT2D eigenvalue weighted by Crippen LogP contribution is -2.36. The molecule has 2 heterocycles.